The zero-order valence-electron chi connectivity index (χ0n) is 15.4. The van der Waals surface area contributed by atoms with Crippen molar-refractivity contribution in [1.82, 2.24) is 0 Å². The molecule has 144 valence electrons. The van der Waals surface area contributed by atoms with Crippen LogP contribution in [-0.2, 0) is 0 Å². The van der Waals surface area contributed by atoms with Crippen LogP contribution >= 0.6 is 0 Å². The van der Waals surface area contributed by atoms with Crippen molar-refractivity contribution in [1.29, 1.82) is 0 Å². The number of aromatic hydroxyl groups is 2. The van der Waals surface area contributed by atoms with Crippen LogP contribution in [0, 0.1) is 0 Å². The van der Waals surface area contributed by atoms with Crippen molar-refractivity contribution >= 4 is 0 Å². The standard InChI is InChI=1S/C19H20O8/c1-22-12-6-9-14-10(7-26-15(9)13(21)18(12)24-3)8-5-11(20)17(23-2)19(25-4)16(8)27-14/h5-6,10,14,20-21H,7H2,1-4H3/t10-,14+/m0/s1. The zero-order chi connectivity index (χ0) is 19.3. The van der Waals surface area contributed by atoms with Crippen LogP contribution in [-0.4, -0.2) is 45.3 Å². The van der Waals surface area contributed by atoms with Gasteiger partial charge in [0.25, 0.3) is 0 Å². The van der Waals surface area contributed by atoms with Crippen molar-refractivity contribution in [2.75, 3.05) is 35.0 Å². The summed E-state index contributed by atoms with van der Waals surface area (Å²) in [7, 11) is 5.85. The third-order valence-electron chi connectivity index (χ3n) is 4.96. The maximum Gasteiger partial charge on any atom is 0.207 e. The Labute approximate surface area is 155 Å². The minimum absolute atomic E-state index is 0.0432. The van der Waals surface area contributed by atoms with Gasteiger partial charge in [-0.2, -0.15) is 0 Å². The molecular weight excluding hydrogens is 356 g/mol. The molecule has 0 spiro atoms. The molecule has 0 aromatic heterocycles. The van der Waals surface area contributed by atoms with E-state index in [2.05, 4.69) is 0 Å². The lowest BCUT2D eigenvalue weighted by Crippen LogP contribution is -2.23. The normalized spacial score (nSPS) is 19.1. The van der Waals surface area contributed by atoms with E-state index in [-0.39, 0.29) is 41.3 Å². The molecule has 2 aliphatic heterocycles. The molecule has 2 aromatic rings. The van der Waals surface area contributed by atoms with Crippen molar-refractivity contribution in [3.05, 3.63) is 23.3 Å². The number of benzene rings is 2. The Bertz CT molecular complexity index is 908. The van der Waals surface area contributed by atoms with E-state index >= 15 is 0 Å². The van der Waals surface area contributed by atoms with Crippen molar-refractivity contribution < 1.29 is 38.6 Å². The predicted molar refractivity (Wildman–Crippen MR) is 94.0 cm³/mol. The molecule has 2 aromatic carbocycles. The summed E-state index contributed by atoms with van der Waals surface area (Å²) in [6.07, 6.45) is -0.449. The smallest absolute Gasteiger partial charge is 0.207 e. The maximum absolute atomic E-state index is 10.5. The van der Waals surface area contributed by atoms with Gasteiger partial charge in [0.1, 0.15) is 6.10 Å². The van der Waals surface area contributed by atoms with E-state index < -0.39 is 6.10 Å². The van der Waals surface area contributed by atoms with Crippen LogP contribution in [0.2, 0.25) is 0 Å². The molecule has 0 aliphatic carbocycles. The molecule has 0 unspecified atom stereocenters. The van der Waals surface area contributed by atoms with Crippen LogP contribution < -0.4 is 28.4 Å². The molecule has 0 radical (unpaired) electrons. The van der Waals surface area contributed by atoms with Crippen LogP contribution in [0.25, 0.3) is 0 Å². The van der Waals surface area contributed by atoms with Gasteiger partial charge in [-0.05, 0) is 12.1 Å². The van der Waals surface area contributed by atoms with Gasteiger partial charge in [0.05, 0.1) is 41.0 Å². The third kappa shape index (κ3) is 2.29. The number of phenols is 2. The molecule has 0 bridgehead atoms. The summed E-state index contributed by atoms with van der Waals surface area (Å²) < 4.78 is 33.2. The molecule has 2 aliphatic rings. The molecule has 8 heteroatoms. The summed E-state index contributed by atoms with van der Waals surface area (Å²) >= 11 is 0. The molecular formula is C19H20O8. The summed E-state index contributed by atoms with van der Waals surface area (Å²) in [6.45, 7) is 0.253. The van der Waals surface area contributed by atoms with Gasteiger partial charge < -0.3 is 38.6 Å². The van der Waals surface area contributed by atoms with Gasteiger partial charge in [-0.3, -0.25) is 0 Å². The second-order valence-corrected chi connectivity index (χ2v) is 6.22. The fraction of sp³-hybridized carbons (Fsp3) is 0.368. The van der Waals surface area contributed by atoms with E-state index in [0.29, 0.717) is 22.8 Å². The van der Waals surface area contributed by atoms with Gasteiger partial charge >= 0.3 is 0 Å². The first-order valence-electron chi connectivity index (χ1n) is 8.30. The minimum atomic E-state index is -0.449. The lowest BCUT2D eigenvalue weighted by atomic mass is 9.88. The highest BCUT2D eigenvalue weighted by Crippen LogP contribution is 2.61. The highest BCUT2D eigenvalue weighted by atomic mass is 16.6. The van der Waals surface area contributed by atoms with E-state index in [9.17, 15) is 10.2 Å². The molecule has 2 heterocycles. The minimum Gasteiger partial charge on any atom is -0.504 e. The number of methoxy groups -OCH3 is 4. The highest BCUT2D eigenvalue weighted by Gasteiger charge is 2.45. The Balaban J connectivity index is 1.87. The Morgan fingerprint density at radius 2 is 1.56 bits per heavy atom. The van der Waals surface area contributed by atoms with Crippen molar-refractivity contribution in [2.45, 2.75) is 12.0 Å². The molecule has 4 rings (SSSR count). The molecule has 2 N–H and O–H groups in total. The number of hydrogen-bond donors (Lipinski definition) is 2. The Morgan fingerprint density at radius 3 is 2.19 bits per heavy atom. The monoisotopic (exact) mass is 376 g/mol. The maximum atomic E-state index is 10.5. The summed E-state index contributed by atoms with van der Waals surface area (Å²) in [5.41, 5.74) is 1.37. The largest absolute Gasteiger partial charge is 0.504 e. The average Bonchev–Trinajstić information content (AvgIpc) is 3.05. The Morgan fingerprint density at radius 1 is 0.852 bits per heavy atom. The molecule has 2 atom stereocenters. The fourth-order valence-electron chi connectivity index (χ4n) is 3.75. The summed E-state index contributed by atoms with van der Waals surface area (Å²) in [6, 6.07) is 3.32. The van der Waals surface area contributed by atoms with Gasteiger partial charge in [0, 0.05) is 11.1 Å². The van der Waals surface area contributed by atoms with Crippen molar-refractivity contribution in [3.8, 4) is 46.0 Å². The predicted octanol–water partition coefficient (Wildman–Crippen LogP) is 2.74. The van der Waals surface area contributed by atoms with Gasteiger partial charge in [-0.1, -0.05) is 0 Å². The Hall–Kier alpha value is -3.16. The van der Waals surface area contributed by atoms with Crippen molar-refractivity contribution in [2.24, 2.45) is 0 Å². The number of fused-ring (bicyclic) bond motifs is 5. The first-order chi connectivity index (χ1) is 13.0. The second kappa shape index (κ2) is 6.22. The molecule has 0 amide bonds. The van der Waals surface area contributed by atoms with Crippen LogP contribution in [0.15, 0.2) is 12.1 Å². The molecule has 0 fully saturated rings. The molecule has 8 nitrogen and oxygen atoms in total. The van der Waals surface area contributed by atoms with Crippen LogP contribution in [0.5, 0.6) is 46.0 Å². The second-order valence-electron chi connectivity index (χ2n) is 6.22. The SMILES string of the molecule is COc1cc2c(c(O)c1OC)OC[C@H]1c3cc(O)c(OC)c(OC)c3O[C@H]21. The van der Waals surface area contributed by atoms with Crippen LogP contribution in [0.4, 0.5) is 0 Å². The first-order valence-corrected chi connectivity index (χ1v) is 8.30. The molecule has 0 saturated heterocycles. The van der Waals surface area contributed by atoms with Gasteiger partial charge in [0.15, 0.2) is 23.0 Å². The van der Waals surface area contributed by atoms with E-state index in [4.69, 9.17) is 28.4 Å². The highest BCUT2D eigenvalue weighted by molar-refractivity contribution is 5.68. The quantitative estimate of drug-likeness (QED) is 0.841. The molecule has 27 heavy (non-hydrogen) atoms. The van der Waals surface area contributed by atoms with Crippen LogP contribution in [0.3, 0.4) is 0 Å². The number of rotatable bonds is 4. The third-order valence-corrected chi connectivity index (χ3v) is 4.96. The first kappa shape index (κ1) is 17.3. The van der Waals surface area contributed by atoms with Crippen molar-refractivity contribution in [3.63, 3.8) is 0 Å². The Kier molecular flexibility index (Phi) is 3.98. The van der Waals surface area contributed by atoms with Gasteiger partial charge in [-0.25, -0.2) is 0 Å². The fourth-order valence-corrected chi connectivity index (χ4v) is 3.75. The average molecular weight is 376 g/mol. The van der Waals surface area contributed by atoms with E-state index in [1.807, 2.05) is 0 Å². The van der Waals surface area contributed by atoms with Gasteiger partial charge in [0.2, 0.25) is 23.0 Å². The summed E-state index contributed by atoms with van der Waals surface area (Å²) in [5.74, 6) is 1.46. The zero-order valence-corrected chi connectivity index (χ0v) is 15.4. The number of phenolic OH excluding ortho intramolecular Hbond substituents is 2. The summed E-state index contributed by atoms with van der Waals surface area (Å²) in [4.78, 5) is 0. The molecule has 0 saturated carbocycles. The van der Waals surface area contributed by atoms with Gasteiger partial charge in [-0.15, -0.1) is 0 Å². The van der Waals surface area contributed by atoms with Crippen LogP contribution in [0.1, 0.15) is 23.1 Å². The lowest BCUT2D eigenvalue weighted by Gasteiger charge is -2.29. The summed E-state index contributed by atoms with van der Waals surface area (Å²) in [5, 5.41) is 20.8. The number of ether oxygens (including phenoxy) is 6. The van der Waals surface area contributed by atoms with E-state index in [1.165, 1.54) is 28.4 Å². The van der Waals surface area contributed by atoms with E-state index in [1.54, 1.807) is 12.1 Å². The lowest BCUT2D eigenvalue weighted by molar-refractivity contribution is 0.132. The topological polar surface area (TPSA) is 95.8 Å². The number of hydrogen-bond acceptors (Lipinski definition) is 8. The van der Waals surface area contributed by atoms with E-state index in [0.717, 1.165) is 5.56 Å².